The molecule has 3 aromatic heterocycles. The summed E-state index contributed by atoms with van der Waals surface area (Å²) in [4.78, 5) is 17.4. The van der Waals surface area contributed by atoms with Crippen molar-refractivity contribution in [2.24, 2.45) is 0 Å². The summed E-state index contributed by atoms with van der Waals surface area (Å²) in [6.45, 7) is 6.70. The Kier molecular flexibility index (Phi) is 6.61. The van der Waals surface area contributed by atoms with Crippen LogP contribution in [0.25, 0.3) is 50.2 Å². The Morgan fingerprint density at radius 3 is 2.07 bits per heavy atom. The number of fused-ring (bicyclic) bond motifs is 5. The molecule has 0 bridgehead atoms. The van der Waals surface area contributed by atoms with Crippen molar-refractivity contribution in [3.05, 3.63) is 151 Å². The first-order valence-corrected chi connectivity index (χ1v) is 15.6. The van der Waals surface area contributed by atoms with Gasteiger partial charge in [-0.3, -0.25) is 9.38 Å². The summed E-state index contributed by atoms with van der Waals surface area (Å²) < 4.78 is 2.19. The minimum Gasteiger partial charge on any atom is -0.310 e. The Balaban J connectivity index is 1.34. The topological polar surface area (TPSA) is 46.3 Å². The number of para-hydroxylation sites is 3. The number of anilines is 3. The minimum absolute atomic E-state index is 0.0356. The quantitative estimate of drug-likeness (QED) is 0.199. The van der Waals surface area contributed by atoms with Crippen LogP contribution in [-0.2, 0) is 5.41 Å². The first kappa shape index (κ1) is 27.7. The molecule has 46 heavy (non-hydrogen) atoms. The zero-order valence-corrected chi connectivity index (χ0v) is 26.1. The average molecular weight is 596 g/mol. The van der Waals surface area contributed by atoms with Crippen LogP contribution in [0.1, 0.15) is 26.3 Å². The number of aromatic nitrogens is 4. The predicted molar refractivity (Wildman–Crippen MR) is 190 cm³/mol. The van der Waals surface area contributed by atoms with E-state index in [1.54, 1.807) is 0 Å². The van der Waals surface area contributed by atoms with Crippen LogP contribution in [0, 0.1) is 0 Å². The highest BCUT2D eigenvalue weighted by molar-refractivity contribution is 6.00. The molecule has 5 aromatic carbocycles. The number of hydrogen-bond acceptors (Lipinski definition) is 4. The van der Waals surface area contributed by atoms with Gasteiger partial charge in [-0.15, -0.1) is 0 Å². The van der Waals surface area contributed by atoms with Gasteiger partial charge in [0.15, 0.2) is 0 Å². The van der Waals surface area contributed by atoms with Gasteiger partial charge in [0.05, 0.1) is 22.2 Å². The lowest BCUT2D eigenvalue weighted by Gasteiger charge is -2.26. The zero-order valence-electron chi connectivity index (χ0n) is 26.1. The summed E-state index contributed by atoms with van der Waals surface area (Å²) in [5.41, 5.74) is 11.3. The number of rotatable bonds is 5. The number of hydrogen-bond donors (Lipinski definition) is 0. The lowest BCUT2D eigenvalue weighted by atomic mass is 9.87. The fraction of sp³-hybridized carbons (Fsp3) is 0.0976. The third-order valence-electron chi connectivity index (χ3n) is 8.55. The van der Waals surface area contributed by atoms with Crippen LogP contribution >= 0.6 is 0 Å². The highest BCUT2D eigenvalue weighted by Crippen LogP contribution is 2.39. The molecular formula is C41H33N5. The summed E-state index contributed by atoms with van der Waals surface area (Å²) >= 11 is 0. The molecule has 3 heterocycles. The smallest absolute Gasteiger partial charge is 0.149 e. The predicted octanol–water partition coefficient (Wildman–Crippen LogP) is 10.5. The van der Waals surface area contributed by atoms with E-state index in [1.807, 2.05) is 18.3 Å². The maximum absolute atomic E-state index is 5.22. The van der Waals surface area contributed by atoms with Gasteiger partial charge in [-0.2, -0.15) is 0 Å². The molecule has 0 spiro atoms. The van der Waals surface area contributed by atoms with E-state index in [0.29, 0.717) is 0 Å². The Labute approximate surface area is 268 Å². The van der Waals surface area contributed by atoms with Gasteiger partial charge in [0.2, 0.25) is 0 Å². The van der Waals surface area contributed by atoms with Gasteiger partial charge >= 0.3 is 0 Å². The molecule has 0 radical (unpaired) electrons. The van der Waals surface area contributed by atoms with Crippen LogP contribution in [-0.4, -0.2) is 19.4 Å². The second-order valence-corrected chi connectivity index (χ2v) is 12.7. The zero-order chi connectivity index (χ0) is 31.3. The van der Waals surface area contributed by atoms with E-state index in [2.05, 4.69) is 157 Å². The van der Waals surface area contributed by atoms with Gasteiger partial charge in [-0.05, 0) is 77.7 Å². The fourth-order valence-corrected chi connectivity index (χ4v) is 6.19. The molecule has 0 atom stereocenters. The van der Waals surface area contributed by atoms with Crippen LogP contribution in [0.5, 0.6) is 0 Å². The van der Waals surface area contributed by atoms with Crippen molar-refractivity contribution < 1.29 is 0 Å². The highest BCUT2D eigenvalue weighted by Gasteiger charge is 2.20. The van der Waals surface area contributed by atoms with E-state index in [1.165, 1.54) is 5.56 Å². The number of nitrogens with zero attached hydrogens (tertiary/aromatic N) is 5. The second kappa shape index (κ2) is 11.0. The van der Waals surface area contributed by atoms with E-state index >= 15 is 0 Å². The number of imidazole rings is 1. The Bertz CT molecular complexity index is 2350. The summed E-state index contributed by atoms with van der Waals surface area (Å²) in [6.07, 6.45) is 1.91. The summed E-state index contributed by atoms with van der Waals surface area (Å²) in [6, 6.07) is 48.5. The summed E-state index contributed by atoms with van der Waals surface area (Å²) in [5, 5.41) is 0.991. The first-order valence-electron chi connectivity index (χ1n) is 15.6. The molecule has 222 valence electrons. The van der Waals surface area contributed by atoms with Gasteiger partial charge in [0, 0.05) is 39.8 Å². The highest BCUT2D eigenvalue weighted by atomic mass is 15.1. The van der Waals surface area contributed by atoms with E-state index in [0.717, 1.165) is 67.3 Å². The Hall–Kier alpha value is -5.81. The van der Waals surface area contributed by atoms with Crippen molar-refractivity contribution in [2.45, 2.75) is 26.2 Å². The third-order valence-corrected chi connectivity index (χ3v) is 8.55. The maximum Gasteiger partial charge on any atom is 0.149 e. The first-order chi connectivity index (χ1) is 22.4. The molecule has 5 heteroatoms. The molecule has 0 aliphatic rings. The minimum atomic E-state index is 0.0356. The summed E-state index contributed by atoms with van der Waals surface area (Å²) in [7, 11) is 0. The monoisotopic (exact) mass is 595 g/mol. The van der Waals surface area contributed by atoms with Gasteiger partial charge in [0.1, 0.15) is 11.5 Å². The Morgan fingerprint density at radius 2 is 1.26 bits per heavy atom. The lowest BCUT2D eigenvalue weighted by Crippen LogP contribution is -2.11. The normalized spacial score (nSPS) is 11.8. The maximum atomic E-state index is 5.22. The van der Waals surface area contributed by atoms with Crippen molar-refractivity contribution in [3.63, 3.8) is 0 Å². The van der Waals surface area contributed by atoms with E-state index in [4.69, 9.17) is 15.0 Å². The van der Waals surface area contributed by atoms with E-state index in [-0.39, 0.29) is 5.41 Å². The molecule has 0 saturated heterocycles. The van der Waals surface area contributed by atoms with Gasteiger partial charge in [0.25, 0.3) is 0 Å². The molecule has 5 nitrogen and oxygen atoms in total. The number of pyridine rings is 1. The standard InChI is InChI=1S/C41H33N5/c1-41(2,3)30-23-24-42-37(26-30)29-15-12-18-32(25-29)45(31-16-8-5-9-17-31)33-21-22-35-34(27-33)40-44-36-19-10-11-20-38(36)46(40)39(43-35)28-13-6-4-7-14-28/h4-27H,1-3H3. The van der Waals surface area contributed by atoms with Crippen LogP contribution in [0.2, 0.25) is 0 Å². The van der Waals surface area contributed by atoms with Crippen molar-refractivity contribution in [3.8, 4) is 22.6 Å². The van der Waals surface area contributed by atoms with Gasteiger partial charge in [-0.1, -0.05) is 93.6 Å². The number of benzene rings is 5. The van der Waals surface area contributed by atoms with Gasteiger partial charge in [-0.25, -0.2) is 9.97 Å². The summed E-state index contributed by atoms with van der Waals surface area (Å²) in [5.74, 6) is 0.877. The van der Waals surface area contributed by atoms with Crippen LogP contribution < -0.4 is 4.90 Å². The van der Waals surface area contributed by atoms with E-state index in [9.17, 15) is 0 Å². The van der Waals surface area contributed by atoms with Crippen molar-refractivity contribution in [1.82, 2.24) is 19.4 Å². The fourth-order valence-electron chi connectivity index (χ4n) is 6.19. The molecule has 0 unspecified atom stereocenters. The van der Waals surface area contributed by atoms with Crippen molar-refractivity contribution >= 4 is 44.6 Å². The molecule has 8 aromatic rings. The van der Waals surface area contributed by atoms with Crippen LogP contribution in [0.3, 0.4) is 0 Å². The largest absolute Gasteiger partial charge is 0.310 e. The molecule has 0 saturated carbocycles. The van der Waals surface area contributed by atoms with E-state index < -0.39 is 0 Å². The van der Waals surface area contributed by atoms with Crippen LogP contribution in [0.4, 0.5) is 17.1 Å². The lowest BCUT2D eigenvalue weighted by molar-refractivity contribution is 0.589. The molecule has 0 amide bonds. The van der Waals surface area contributed by atoms with Crippen LogP contribution in [0.15, 0.2) is 146 Å². The second-order valence-electron chi connectivity index (χ2n) is 12.7. The molecule has 0 fully saturated rings. The van der Waals surface area contributed by atoms with Crippen molar-refractivity contribution in [2.75, 3.05) is 4.90 Å². The molecule has 8 rings (SSSR count). The molecule has 0 aliphatic carbocycles. The van der Waals surface area contributed by atoms with Crippen molar-refractivity contribution in [1.29, 1.82) is 0 Å². The third kappa shape index (κ3) is 4.87. The molecule has 0 aliphatic heterocycles. The molecular weight excluding hydrogens is 562 g/mol. The average Bonchev–Trinajstić information content (AvgIpc) is 3.49. The molecule has 0 N–H and O–H groups in total. The SMILES string of the molecule is CC(C)(C)c1ccnc(-c2cccc(N(c3ccccc3)c3ccc4nc(-c5ccccc5)n5c6ccccc6nc5c4c3)c2)c1. The van der Waals surface area contributed by atoms with Gasteiger partial charge < -0.3 is 4.90 Å². The Morgan fingerprint density at radius 1 is 0.565 bits per heavy atom.